The van der Waals surface area contributed by atoms with E-state index < -0.39 is 19.2 Å². The van der Waals surface area contributed by atoms with Crippen molar-refractivity contribution >= 4 is 19.1 Å². The second-order valence-corrected chi connectivity index (χ2v) is 14.8. The minimum absolute atomic E-state index is 0.0135. The Balaban J connectivity index is 1.20. The van der Waals surface area contributed by atoms with Gasteiger partial charge in [0.2, 0.25) is 0 Å². The summed E-state index contributed by atoms with van der Waals surface area (Å²) in [4.78, 5) is 27.7. The molecule has 2 saturated heterocycles. The zero-order valence-electron chi connectivity index (χ0n) is 26.2. The second-order valence-electron chi connectivity index (χ2n) is 14.8. The van der Waals surface area contributed by atoms with E-state index in [1.165, 1.54) is 5.56 Å². The summed E-state index contributed by atoms with van der Waals surface area (Å²) in [7, 11) is -0.567. The predicted octanol–water partition coefficient (Wildman–Crippen LogP) is 5.24. The van der Waals surface area contributed by atoms with Crippen LogP contribution in [0.3, 0.4) is 0 Å². The van der Waals surface area contributed by atoms with Gasteiger partial charge in [-0.25, -0.2) is 4.79 Å². The summed E-state index contributed by atoms with van der Waals surface area (Å²) in [5.41, 5.74) is 2.02. The molecule has 2 heterocycles. The van der Waals surface area contributed by atoms with Gasteiger partial charge in [0.1, 0.15) is 11.6 Å². The van der Waals surface area contributed by atoms with Gasteiger partial charge in [0.25, 0.3) is 5.91 Å². The van der Waals surface area contributed by atoms with Crippen molar-refractivity contribution in [2.24, 2.45) is 28.6 Å². The number of carbonyl (C=O) groups excluding carboxylic acids is 2. The summed E-state index contributed by atoms with van der Waals surface area (Å²) in [5.74, 6) is 0.412. The highest BCUT2D eigenvalue weighted by atomic mass is 16.7. The quantitative estimate of drug-likeness (QED) is 0.271. The minimum Gasteiger partial charge on any atom is -0.449 e. The van der Waals surface area contributed by atoms with Crippen LogP contribution in [0.15, 0.2) is 35.9 Å². The largest absolute Gasteiger partial charge is 0.482 e. The monoisotopic (exact) mass is 575 g/mol. The predicted molar refractivity (Wildman–Crippen MR) is 161 cm³/mol. The maximum atomic E-state index is 13.1. The van der Waals surface area contributed by atoms with Crippen LogP contribution in [-0.2, 0) is 25.3 Å². The number of nitrogens with zero attached hydrogens (tertiary/aromatic N) is 2. The third kappa shape index (κ3) is 6.12. The molecule has 2 amide bonds. The summed E-state index contributed by atoms with van der Waals surface area (Å²) < 4.78 is 19.0. The van der Waals surface area contributed by atoms with E-state index in [4.69, 9.17) is 14.0 Å². The van der Waals surface area contributed by atoms with Crippen LogP contribution in [0.2, 0.25) is 0 Å². The molecule has 3 saturated carbocycles. The molecule has 226 valence electrons. The first-order valence-corrected chi connectivity index (χ1v) is 15.4. The molecule has 1 aromatic rings. The number of benzene rings is 1. The van der Waals surface area contributed by atoms with E-state index in [2.05, 4.69) is 63.3 Å². The van der Waals surface area contributed by atoms with Crippen LogP contribution < -0.4 is 5.32 Å². The van der Waals surface area contributed by atoms with Gasteiger partial charge in [-0.2, -0.15) is 5.26 Å². The number of hydrogen-bond donors (Lipinski definition) is 1. The highest BCUT2D eigenvalue weighted by molar-refractivity contribution is 6.47. The molecule has 1 N–H and O–H groups in total. The third-order valence-corrected chi connectivity index (χ3v) is 10.1. The van der Waals surface area contributed by atoms with Crippen LogP contribution in [0.5, 0.6) is 0 Å². The normalized spacial score (nSPS) is 30.7. The molecule has 6 atom stereocenters. The first-order valence-electron chi connectivity index (χ1n) is 15.4. The van der Waals surface area contributed by atoms with Gasteiger partial charge in [-0.3, -0.25) is 4.79 Å². The summed E-state index contributed by atoms with van der Waals surface area (Å²) in [6.07, 6.45) is 4.64. The Morgan fingerprint density at radius 2 is 1.95 bits per heavy atom. The van der Waals surface area contributed by atoms with E-state index in [0.29, 0.717) is 37.8 Å². The van der Waals surface area contributed by atoms with Crippen LogP contribution in [-0.4, -0.2) is 61.4 Å². The fourth-order valence-corrected chi connectivity index (χ4v) is 7.55. The summed E-state index contributed by atoms with van der Waals surface area (Å²) in [6, 6.07) is 10.3. The Hall–Kier alpha value is -2.83. The number of aryl methyl sites for hydroxylation is 1. The lowest BCUT2D eigenvalue weighted by atomic mass is 9.43. The number of likely N-dealkylation sites (tertiary alicyclic amines) is 1. The molecule has 0 spiro atoms. The fourth-order valence-electron chi connectivity index (χ4n) is 7.55. The van der Waals surface area contributed by atoms with Crippen molar-refractivity contribution in [2.45, 2.75) is 91.8 Å². The van der Waals surface area contributed by atoms with Gasteiger partial charge in [0, 0.05) is 19.0 Å². The molecule has 2 aliphatic heterocycles. The van der Waals surface area contributed by atoms with Gasteiger partial charge in [-0.1, -0.05) is 70.5 Å². The first-order chi connectivity index (χ1) is 19.7. The first kappa shape index (κ1) is 30.6. The molecular weight excluding hydrogens is 529 g/mol. The number of allylic oxidation sites excluding steroid dienone is 1. The van der Waals surface area contributed by atoms with E-state index in [1.54, 1.807) is 11.0 Å². The van der Waals surface area contributed by atoms with E-state index in [0.717, 1.165) is 18.4 Å². The molecule has 9 heteroatoms. The lowest BCUT2D eigenvalue weighted by molar-refractivity contribution is -0.199. The van der Waals surface area contributed by atoms with Gasteiger partial charge < -0.3 is 24.3 Å². The molecule has 42 heavy (non-hydrogen) atoms. The molecule has 3 aliphatic carbocycles. The summed E-state index contributed by atoms with van der Waals surface area (Å²) in [6.45, 7) is 16.0. The molecule has 8 nitrogen and oxygen atoms in total. The van der Waals surface area contributed by atoms with E-state index >= 15 is 0 Å². The Bertz CT molecular complexity index is 1270. The van der Waals surface area contributed by atoms with Gasteiger partial charge in [0.15, 0.2) is 0 Å². The Kier molecular flexibility index (Phi) is 8.28. The number of nitriles is 1. The molecular formula is C33H46BN3O5. The number of amides is 2. The Morgan fingerprint density at radius 3 is 2.60 bits per heavy atom. The minimum atomic E-state index is -0.567. The lowest BCUT2D eigenvalue weighted by Gasteiger charge is -2.64. The molecule has 2 bridgehead atoms. The van der Waals surface area contributed by atoms with Crippen LogP contribution in [0.25, 0.3) is 0 Å². The molecule has 0 unspecified atom stereocenters. The summed E-state index contributed by atoms with van der Waals surface area (Å²) >= 11 is 0. The van der Waals surface area contributed by atoms with E-state index in [9.17, 15) is 14.9 Å². The topological polar surface area (TPSA) is 101 Å². The third-order valence-electron chi connectivity index (χ3n) is 10.1. The van der Waals surface area contributed by atoms with Gasteiger partial charge in [-0.15, -0.1) is 0 Å². The second kappa shape index (κ2) is 11.4. The SMILES string of the molecule is Cc1ccc(C[C@H](NC(=O)OC[C@H]2CCN(C(=O)/C(C#N)=C/C(C)(C)C)C2)B2O[C@@H]3C[C@@H]4C[C@@H](C4(C)C)[C@]3(C)O2)cc1. The van der Waals surface area contributed by atoms with Crippen LogP contribution >= 0.6 is 0 Å². The van der Waals surface area contributed by atoms with Gasteiger partial charge in [-0.05, 0) is 67.8 Å². The summed E-state index contributed by atoms with van der Waals surface area (Å²) in [5, 5.41) is 12.6. The van der Waals surface area contributed by atoms with Crippen molar-refractivity contribution in [1.82, 2.24) is 10.2 Å². The molecule has 5 aliphatic rings. The van der Waals surface area contributed by atoms with Crippen molar-refractivity contribution in [3.63, 3.8) is 0 Å². The van der Waals surface area contributed by atoms with E-state index in [-0.39, 0.29) is 46.5 Å². The van der Waals surface area contributed by atoms with Gasteiger partial charge >= 0.3 is 13.2 Å². The van der Waals surface area contributed by atoms with Crippen LogP contribution in [0.1, 0.15) is 71.9 Å². The number of rotatable bonds is 7. The van der Waals surface area contributed by atoms with Crippen molar-refractivity contribution in [3.8, 4) is 6.07 Å². The maximum absolute atomic E-state index is 13.1. The van der Waals surface area contributed by atoms with Gasteiger partial charge in [0.05, 0.1) is 24.3 Å². The highest BCUT2D eigenvalue weighted by Gasteiger charge is 2.68. The average Bonchev–Trinajstić information content (AvgIpc) is 3.54. The molecule has 1 aromatic carbocycles. The van der Waals surface area contributed by atoms with Crippen molar-refractivity contribution in [2.75, 3.05) is 19.7 Å². The zero-order chi connectivity index (χ0) is 30.4. The zero-order valence-corrected chi connectivity index (χ0v) is 26.2. The average molecular weight is 576 g/mol. The van der Waals surface area contributed by atoms with Crippen molar-refractivity contribution in [1.29, 1.82) is 5.26 Å². The number of nitrogens with one attached hydrogen (secondary N) is 1. The maximum Gasteiger partial charge on any atom is 0.482 e. The lowest BCUT2D eigenvalue weighted by Crippen LogP contribution is -2.65. The Morgan fingerprint density at radius 1 is 1.24 bits per heavy atom. The standard InChI is InChI=1S/C33H46BN3O5/c1-21-8-10-22(11-9-21)14-28(34-41-27-16-25-15-26(32(25,5)6)33(27,7)42-34)36-30(39)40-20-23-12-13-37(19-23)29(38)24(18-35)17-31(2,3)4/h8-11,17,23,25-28H,12-16,19-20H2,1-7H3,(H,36,39)/b24-17+/t23-,25-,26-,27+,28-,33-/m0/s1. The van der Waals surface area contributed by atoms with E-state index in [1.807, 2.05) is 20.8 Å². The molecule has 0 radical (unpaired) electrons. The smallest absolute Gasteiger partial charge is 0.449 e. The van der Waals surface area contributed by atoms with Crippen molar-refractivity contribution < 1.29 is 23.6 Å². The van der Waals surface area contributed by atoms with Crippen LogP contribution in [0.4, 0.5) is 4.79 Å². The number of alkyl carbamates (subject to hydrolysis) is 1. The molecule has 0 aromatic heterocycles. The number of hydrogen-bond acceptors (Lipinski definition) is 6. The fraction of sp³-hybridized carbons (Fsp3) is 0.667. The van der Waals surface area contributed by atoms with Crippen LogP contribution in [0, 0.1) is 46.8 Å². The van der Waals surface area contributed by atoms with Crippen molar-refractivity contribution in [3.05, 3.63) is 47.0 Å². The highest BCUT2D eigenvalue weighted by Crippen LogP contribution is 2.65. The molecule has 6 rings (SSSR count). The number of carbonyl (C=O) groups is 2. The molecule has 5 fully saturated rings. The Labute approximate surface area is 251 Å². The number of ether oxygens (including phenoxy) is 1.